The molecule has 0 aliphatic rings. The SMILES string of the molecule is Cc1cccc(-c2cc(C(=O)N[C@@H](Cc3ccccc3)c3ccccc3)no2)c1. The summed E-state index contributed by atoms with van der Waals surface area (Å²) in [5, 5.41) is 7.10. The van der Waals surface area contributed by atoms with Crippen molar-refractivity contribution in [2.24, 2.45) is 0 Å². The summed E-state index contributed by atoms with van der Waals surface area (Å²) in [5.74, 6) is 0.329. The van der Waals surface area contributed by atoms with Crippen LogP contribution in [0.4, 0.5) is 0 Å². The van der Waals surface area contributed by atoms with Crippen LogP contribution in [-0.2, 0) is 6.42 Å². The largest absolute Gasteiger partial charge is 0.355 e. The monoisotopic (exact) mass is 382 g/mol. The zero-order valence-electron chi connectivity index (χ0n) is 16.2. The molecule has 144 valence electrons. The number of benzene rings is 3. The number of amides is 1. The summed E-state index contributed by atoms with van der Waals surface area (Å²) in [6, 6.07) is 29.5. The van der Waals surface area contributed by atoms with E-state index in [0.29, 0.717) is 12.2 Å². The molecule has 0 aliphatic heterocycles. The predicted octanol–water partition coefficient (Wildman–Crippen LogP) is 5.36. The number of carbonyl (C=O) groups is 1. The number of nitrogens with one attached hydrogen (secondary N) is 1. The van der Waals surface area contributed by atoms with Gasteiger partial charge in [0.2, 0.25) is 0 Å². The first-order chi connectivity index (χ1) is 14.2. The van der Waals surface area contributed by atoms with Crippen molar-refractivity contribution in [3.8, 4) is 11.3 Å². The molecule has 0 spiro atoms. The third-order valence-corrected chi connectivity index (χ3v) is 4.84. The molecule has 0 saturated heterocycles. The molecule has 0 bridgehead atoms. The summed E-state index contributed by atoms with van der Waals surface area (Å²) in [4.78, 5) is 12.9. The van der Waals surface area contributed by atoms with Crippen LogP contribution in [-0.4, -0.2) is 11.1 Å². The van der Waals surface area contributed by atoms with Gasteiger partial charge in [0.25, 0.3) is 5.91 Å². The van der Waals surface area contributed by atoms with Crippen LogP contribution in [0.15, 0.2) is 95.5 Å². The van der Waals surface area contributed by atoms with Gasteiger partial charge in [-0.05, 0) is 30.5 Å². The van der Waals surface area contributed by atoms with Crippen LogP contribution in [0, 0.1) is 6.92 Å². The van der Waals surface area contributed by atoms with Gasteiger partial charge in [-0.2, -0.15) is 0 Å². The second-order valence-electron chi connectivity index (χ2n) is 7.07. The predicted molar refractivity (Wildman–Crippen MR) is 113 cm³/mol. The quantitative estimate of drug-likeness (QED) is 0.488. The molecule has 0 unspecified atom stereocenters. The highest BCUT2D eigenvalue weighted by molar-refractivity contribution is 5.93. The van der Waals surface area contributed by atoms with E-state index in [-0.39, 0.29) is 17.6 Å². The van der Waals surface area contributed by atoms with Gasteiger partial charge < -0.3 is 9.84 Å². The van der Waals surface area contributed by atoms with E-state index in [1.807, 2.05) is 79.7 Å². The molecule has 1 heterocycles. The van der Waals surface area contributed by atoms with Crippen LogP contribution in [0.5, 0.6) is 0 Å². The molecule has 3 aromatic carbocycles. The topological polar surface area (TPSA) is 55.1 Å². The van der Waals surface area contributed by atoms with E-state index < -0.39 is 0 Å². The molecule has 29 heavy (non-hydrogen) atoms. The van der Waals surface area contributed by atoms with Crippen LogP contribution >= 0.6 is 0 Å². The molecule has 1 amide bonds. The first-order valence-corrected chi connectivity index (χ1v) is 9.62. The number of carbonyl (C=O) groups excluding carboxylic acids is 1. The van der Waals surface area contributed by atoms with E-state index in [9.17, 15) is 4.79 Å². The molecule has 0 fully saturated rings. The van der Waals surface area contributed by atoms with E-state index in [4.69, 9.17) is 4.52 Å². The smallest absolute Gasteiger partial charge is 0.273 e. The van der Waals surface area contributed by atoms with E-state index in [1.54, 1.807) is 6.07 Å². The van der Waals surface area contributed by atoms with Crippen molar-refractivity contribution in [2.45, 2.75) is 19.4 Å². The van der Waals surface area contributed by atoms with E-state index in [2.05, 4.69) is 22.6 Å². The van der Waals surface area contributed by atoms with E-state index in [0.717, 1.165) is 22.3 Å². The maximum atomic E-state index is 12.9. The summed E-state index contributed by atoms with van der Waals surface area (Å²) in [6.45, 7) is 2.02. The Labute approximate surface area is 170 Å². The summed E-state index contributed by atoms with van der Waals surface area (Å²) < 4.78 is 5.42. The first-order valence-electron chi connectivity index (χ1n) is 9.62. The maximum absolute atomic E-state index is 12.9. The lowest BCUT2D eigenvalue weighted by atomic mass is 9.98. The minimum Gasteiger partial charge on any atom is -0.355 e. The average molecular weight is 382 g/mol. The lowest BCUT2D eigenvalue weighted by molar-refractivity contribution is 0.0927. The number of rotatable bonds is 6. The molecule has 4 nitrogen and oxygen atoms in total. The second kappa shape index (κ2) is 8.57. The highest BCUT2D eigenvalue weighted by atomic mass is 16.5. The van der Waals surface area contributed by atoms with Gasteiger partial charge in [-0.25, -0.2) is 0 Å². The first kappa shape index (κ1) is 18.7. The lowest BCUT2D eigenvalue weighted by Gasteiger charge is -2.19. The van der Waals surface area contributed by atoms with Gasteiger partial charge >= 0.3 is 0 Å². The molecule has 4 heteroatoms. The summed E-state index contributed by atoms with van der Waals surface area (Å²) in [5.41, 5.74) is 4.50. The van der Waals surface area contributed by atoms with Crippen molar-refractivity contribution in [3.05, 3.63) is 113 Å². The van der Waals surface area contributed by atoms with Gasteiger partial charge in [-0.3, -0.25) is 4.79 Å². The van der Waals surface area contributed by atoms with Crippen LogP contribution in [0.2, 0.25) is 0 Å². The number of aryl methyl sites for hydroxylation is 1. The van der Waals surface area contributed by atoms with E-state index in [1.165, 1.54) is 0 Å². The van der Waals surface area contributed by atoms with Gasteiger partial charge in [0.15, 0.2) is 11.5 Å². The van der Waals surface area contributed by atoms with Crippen molar-refractivity contribution in [3.63, 3.8) is 0 Å². The van der Waals surface area contributed by atoms with Crippen molar-refractivity contribution in [2.75, 3.05) is 0 Å². The third-order valence-electron chi connectivity index (χ3n) is 4.84. The fourth-order valence-corrected chi connectivity index (χ4v) is 3.34. The fourth-order valence-electron chi connectivity index (χ4n) is 3.34. The molecule has 1 atom stereocenters. The molecule has 0 aliphatic carbocycles. The van der Waals surface area contributed by atoms with Crippen LogP contribution in [0.3, 0.4) is 0 Å². The molecule has 1 aromatic heterocycles. The normalized spacial score (nSPS) is 11.8. The Morgan fingerprint density at radius 1 is 0.931 bits per heavy atom. The molecule has 1 N–H and O–H groups in total. The van der Waals surface area contributed by atoms with Gasteiger partial charge in [-0.15, -0.1) is 0 Å². The van der Waals surface area contributed by atoms with Crippen LogP contribution in [0.1, 0.15) is 33.2 Å². The average Bonchev–Trinajstić information content (AvgIpc) is 3.25. The van der Waals surface area contributed by atoms with Gasteiger partial charge in [-0.1, -0.05) is 89.6 Å². The van der Waals surface area contributed by atoms with E-state index >= 15 is 0 Å². The molecule has 4 aromatic rings. The number of hydrogen-bond donors (Lipinski definition) is 1. The standard InChI is InChI=1S/C25H22N2O2/c1-18-9-8-14-21(15-18)24-17-23(27-29-24)25(28)26-22(20-12-6-3-7-13-20)16-19-10-4-2-5-11-19/h2-15,17,22H,16H2,1H3,(H,26,28)/t22-/m0/s1. The Bertz CT molecular complexity index is 1090. The maximum Gasteiger partial charge on any atom is 0.273 e. The Morgan fingerprint density at radius 2 is 1.66 bits per heavy atom. The van der Waals surface area contributed by atoms with Crippen LogP contribution < -0.4 is 5.32 Å². The second-order valence-corrected chi connectivity index (χ2v) is 7.07. The fraction of sp³-hybridized carbons (Fsp3) is 0.120. The molecule has 0 saturated carbocycles. The summed E-state index contributed by atoms with van der Waals surface area (Å²) in [6.07, 6.45) is 0.694. The summed E-state index contributed by atoms with van der Waals surface area (Å²) in [7, 11) is 0. The minimum atomic E-state index is -0.252. The lowest BCUT2D eigenvalue weighted by Crippen LogP contribution is -2.30. The van der Waals surface area contributed by atoms with Crippen molar-refractivity contribution in [1.82, 2.24) is 10.5 Å². The van der Waals surface area contributed by atoms with Gasteiger partial charge in [0.1, 0.15) is 0 Å². The highest BCUT2D eigenvalue weighted by Gasteiger charge is 2.19. The highest BCUT2D eigenvalue weighted by Crippen LogP contribution is 2.23. The Kier molecular flexibility index (Phi) is 5.52. The number of aromatic nitrogens is 1. The van der Waals surface area contributed by atoms with Crippen LogP contribution in [0.25, 0.3) is 11.3 Å². The number of hydrogen-bond acceptors (Lipinski definition) is 3. The van der Waals surface area contributed by atoms with Crippen molar-refractivity contribution < 1.29 is 9.32 Å². The molecular weight excluding hydrogens is 360 g/mol. The zero-order valence-corrected chi connectivity index (χ0v) is 16.2. The third kappa shape index (κ3) is 4.61. The Morgan fingerprint density at radius 3 is 2.38 bits per heavy atom. The molecular formula is C25H22N2O2. The van der Waals surface area contributed by atoms with Gasteiger partial charge in [0.05, 0.1) is 6.04 Å². The van der Waals surface area contributed by atoms with Crippen molar-refractivity contribution in [1.29, 1.82) is 0 Å². The summed E-state index contributed by atoms with van der Waals surface area (Å²) >= 11 is 0. The minimum absolute atomic E-state index is 0.162. The zero-order chi connectivity index (χ0) is 20.1. The van der Waals surface area contributed by atoms with Gasteiger partial charge in [0, 0.05) is 11.6 Å². The Balaban J connectivity index is 1.55. The Hall–Kier alpha value is -3.66. The molecule has 4 rings (SSSR count). The number of nitrogens with zero attached hydrogens (tertiary/aromatic N) is 1. The van der Waals surface area contributed by atoms with Crippen molar-refractivity contribution >= 4 is 5.91 Å². The molecule has 0 radical (unpaired) electrons.